The fraction of sp³-hybridized carbons (Fsp3) is 0.200. The Labute approximate surface area is 95.8 Å². The largest absolute Gasteiger partial charge is 0.305 e. The van der Waals surface area contributed by atoms with Gasteiger partial charge in [0.15, 0.2) is 0 Å². The Bertz CT molecular complexity index is 568. The zero-order valence-corrected chi connectivity index (χ0v) is 8.85. The zero-order valence-electron chi connectivity index (χ0n) is 8.85. The van der Waals surface area contributed by atoms with Crippen molar-refractivity contribution in [2.75, 3.05) is 6.54 Å². The molecule has 0 aliphatic heterocycles. The first-order chi connectivity index (χ1) is 8.06. The molecule has 0 unspecified atom stereocenters. The minimum Gasteiger partial charge on any atom is -0.258 e. The number of hydrogen-bond donors (Lipinski definition) is 0. The van der Waals surface area contributed by atoms with E-state index in [4.69, 9.17) is 5.53 Å². The van der Waals surface area contributed by atoms with Crippen molar-refractivity contribution in [2.45, 2.75) is 6.92 Å². The Balaban J connectivity index is 3.10. The number of aryl methyl sites for hydroxylation is 1. The van der Waals surface area contributed by atoms with E-state index in [2.05, 4.69) is 21.9 Å². The van der Waals surface area contributed by atoms with Crippen LogP contribution >= 0.6 is 0 Å². The summed E-state index contributed by atoms with van der Waals surface area (Å²) in [5.41, 5.74) is 8.26. The van der Waals surface area contributed by atoms with E-state index in [1.54, 1.807) is 6.92 Å². The van der Waals surface area contributed by atoms with Gasteiger partial charge in [-0.2, -0.15) is 4.39 Å². The minimum absolute atomic E-state index is 0.0332. The quantitative estimate of drug-likeness (QED) is 0.196. The van der Waals surface area contributed by atoms with Crippen molar-refractivity contribution in [3.05, 3.63) is 49.6 Å². The van der Waals surface area contributed by atoms with Gasteiger partial charge in [0.2, 0.25) is 5.82 Å². The third-order valence-corrected chi connectivity index (χ3v) is 1.93. The van der Waals surface area contributed by atoms with Gasteiger partial charge >= 0.3 is 5.69 Å². The predicted molar refractivity (Wildman–Crippen MR) is 58.7 cm³/mol. The smallest absolute Gasteiger partial charge is 0.258 e. The molecule has 0 saturated carbocycles. The molecule has 1 aromatic carbocycles. The van der Waals surface area contributed by atoms with Crippen molar-refractivity contribution in [1.82, 2.24) is 0 Å². The summed E-state index contributed by atoms with van der Waals surface area (Å²) in [6.45, 7) is 1.55. The first kappa shape index (κ1) is 12.5. The maximum atomic E-state index is 13.3. The van der Waals surface area contributed by atoms with E-state index >= 15 is 0 Å². The number of azide groups is 1. The Morgan fingerprint density at radius 2 is 2.35 bits per heavy atom. The number of nitrogens with zero attached hydrogens (tertiary/aromatic N) is 4. The number of nitro groups is 1. The molecule has 0 aliphatic rings. The molecule has 6 nitrogen and oxygen atoms in total. The summed E-state index contributed by atoms with van der Waals surface area (Å²) < 4.78 is 13.3. The summed E-state index contributed by atoms with van der Waals surface area (Å²) in [7, 11) is 0. The van der Waals surface area contributed by atoms with Crippen LogP contribution in [0.2, 0.25) is 0 Å². The van der Waals surface area contributed by atoms with E-state index in [0.717, 1.165) is 12.1 Å². The number of nitro benzene ring substituents is 1. The van der Waals surface area contributed by atoms with Crippen molar-refractivity contribution in [1.29, 1.82) is 0 Å². The lowest BCUT2D eigenvalue weighted by Crippen LogP contribution is -1.95. The highest BCUT2D eigenvalue weighted by molar-refractivity contribution is 5.48. The van der Waals surface area contributed by atoms with Crippen LogP contribution in [-0.2, 0) is 0 Å². The molecule has 1 aromatic rings. The van der Waals surface area contributed by atoms with E-state index in [0.29, 0.717) is 11.1 Å². The summed E-state index contributed by atoms with van der Waals surface area (Å²) in [6, 6.07) is 2.11. The minimum atomic E-state index is -0.936. The molecule has 0 spiro atoms. The Hall–Kier alpha value is -2.58. The van der Waals surface area contributed by atoms with Crippen LogP contribution in [0.4, 0.5) is 10.1 Å². The highest BCUT2D eigenvalue weighted by atomic mass is 19.1. The standard InChI is InChI=1S/C10H7FN4O2/c1-7-5-10(15(16)17)9(11)6-8(7)3-2-4-13-14-12/h5-6H,4H2,1H3. The molecule has 0 saturated heterocycles. The zero-order chi connectivity index (χ0) is 12.8. The van der Waals surface area contributed by atoms with Gasteiger partial charge in [-0.3, -0.25) is 10.1 Å². The number of rotatable bonds is 2. The van der Waals surface area contributed by atoms with E-state index in [-0.39, 0.29) is 6.54 Å². The Kier molecular flexibility index (Phi) is 4.03. The van der Waals surface area contributed by atoms with Crippen LogP contribution in [0.1, 0.15) is 11.1 Å². The van der Waals surface area contributed by atoms with Gasteiger partial charge in [0.25, 0.3) is 0 Å². The SMILES string of the molecule is Cc1cc([N+](=O)[O-])c(F)cc1C#CCN=[N+]=[N-]. The molecule has 7 heteroatoms. The molecule has 0 aliphatic carbocycles. The maximum Gasteiger partial charge on any atom is 0.305 e. The van der Waals surface area contributed by atoms with Crippen molar-refractivity contribution < 1.29 is 9.31 Å². The van der Waals surface area contributed by atoms with Crippen LogP contribution in [0.15, 0.2) is 17.2 Å². The summed E-state index contributed by atoms with van der Waals surface area (Å²) in [6.07, 6.45) is 0. The average molecular weight is 234 g/mol. The second kappa shape index (κ2) is 5.49. The van der Waals surface area contributed by atoms with Crippen LogP contribution in [0.25, 0.3) is 10.4 Å². The first-order valence-corrected chi connectivity index (χ1v) is 4.50. The molecule has 17 heavy (non-hydrogen) atoms. The van der Waals surface area contributed by atoms with Gasteiger partial charge in [-0.05, 0) is 24.1 Å². The molecular formula is C10H7FN4O2. The summed E-state index contributed by atoms with van der Waals surface area (Å²) >= 11 is 0. The average Bonchev–Trinajstić information content (AvgIpc) is 2.28. The third kappa shape index (κ3) is 3.19. The van der Waals surface area contributed by atoms with Gasteiger partial charge < -0.3 is 0 Å². The fourth-order valence-corrected chi connectivity index (χ4v) is 1.14. The van der Waals surface area contributed by atoms with Crippen LogP contribution in [0.5, 0.6) is 0 Å². The molecule has 0 atom stereocenters. The predicted octanol–water partition coefficient (Wildman–Crippen LogP) is 2.70. The summed E-state index contributed by atoms with van der Waals surface area (Å²) in [5.74, 6) is 4.15. The topological polar surface area (TPSA) is 91.9 Å². The maximum absolute atomic E-state index is 13.3. The van der Waals surface area contributed by atoms with E-state index in [1.165, 1.54) is 0 Å². The first-order valence-electron chi connectivity index (χ1n) is 4.50. The van der Waals surface area contributed by atoms with Crippen LogP contribution in [-0.4, -0.2) is 11.5 Å². The lowest BCUT2D eigenvalue weighted by Gasteiger charge is -1.99. The van der Waals surface area contributed by atoms with E-state index in [1.807, 2.05) is 0 Å². The van der Waals surface area contributed by atoms with Gasteiger partial charge in [-0.25, -0.2) is 0 Å². The van der Waals surface area contributed by atoms with Crippen molar-refractivity contribution in [2.24, 2.45) is 5.11 Å². The summed E-state index contributed by atoms with van der Waals surface area (Å²) in [4.78, 5) is 12.2. The van der Waals surface area contributed by atoms with Crippen LogP contribution < -0.4 is 0 Å². The molecule has 0 radical (unpaired) electrons. The molecule has 0 amide bonds. The fourth-order valence-electron chi connectivity index (χ4n) is 1.14. The van der Waals surface area contributed by atoms with Crippen molar-refractivity contribution >= 4 is 5.69 Å². The van der Waals surface area contributed by atoms with Crippen LogP contribution in [0.3, 0.4) is 0 Å². The number of halogens is 1. The van der Waals surface area contributed by atoms with E-state index < -0.39 is 16.4 Å². The van der Waals surface area contributed by atoms with Gasteiger partial charge in [0, 0.05) is 16.5 Å². The molecule has 0 bridgehead atoms. The molecule has 1 rings (SSSR count). The molecule has 0 aromatic heterocycles. The molecule has 0 heterocycles. The lowest BCUT2D eigenvalue weighted by atomic mass is 10.1. The second-order valence-corrected chi connectivity index (χ2v) is 3.07. The van der Waals surface area contributed by atoms with Gasteiger partial charge in [-0.15, -0.1) is 0 Å². The highest BCUT2D eigenvalue weighted by Gasteiger charge is 2.15. The molecule has 0 N–H and O–H groups in total. The molecule has 86 valence electrons. The highest BCUT2D eigenvalue weighted by Crippen LogP contribution is 2.21. The van der Waals surface area contributed by atoms with E-state index in [9.17, 15) is 14.5 Å². The van der Waals surface area contributed by atoms with Crippen molar-refractivity contribution in [3.8, 4) is 11.8 Å². The second-order valence-electron chi connectivity index (χ2n) is 3.07. The summed E-state index contributed by atoms with van der Waals surface area (Å²) in [5, 5.41) is 13.6. The van der Waals surface area contributed by atoms with Crippen LogP contribution in [0, 0.1) is 34.7 Å². The number of hydrogen-bond acceptors (Lipinski definition) is 3. The number of benzene rings is 1. The molecular weight excluding hydrogens is 227 g/mol. The monoisotopic (exact) mass is 234 g/mol. The normalized spacial score (nSPS) is 8.82. The van der Waals surface area contributed by atoms with Gasteiger partial charge in [-0.1, -0.05) is 17.0 Å². The van der Waals surface area contributed by atoms with Gasteiger partial charge in [0.1, 0.15) is 0 Å². The Morgan fingerprint density at radius 1 is 1.65 bits per heavy atom. The van der Waals surface area contributed by atoms with Crippen molar-refractivity contribution in [3.63, 3.8) is 0 Å². The Morgan fingerprint density at radius 3 is 2.94 bits per heavy atom. The third-order valence-electron chi connectivity index (χ3n) is 1.93. The lowest BCUT2D eigenvalue weighted by molar-refractivity contribution is -0.387. The van der Waals surface area contributed by atoms with Gasteiger partial charge in [0.05, 0.1) is 11.5 Å². The molecule has 0 fully saturated rings.